The van der Waals surface area contributed by atoms with Gasteiger partial charge in [0.25, 0.3) is 0 Å². The zero-order valence-electron chi connectivity index (χ0n) is 15.2. The predicted molar refractivity (Wildman–Crippen MR) is 97.2 cm³/mol. The molecule has 2 aromatic rings. The number of carbonyl (C=O) groups excluding carboxylic acids is 1. The number of hydrogen-bond donors (Lipinski definition) is 1. The minimum Gasteiger partial charge on any atom is -0.494 e. The molecule has 4 nitrogen and oxygen atoms in total. The Morgan fingerprint density at radius 3 is 2.56 bits per heavy atom. The van der Waals surface area contributed by atoms with E-state index >= 15 is 0 Å². The largest absolute Gasteiger partial charge is 0.494 e. The summed E-state index contributed by atoms with van der Waals surface area (Å²) in [5.74, 6) is 0.320. The molecule has 1 heterocycles. The van der Waals surface area contributed by atoms with Crippen LogP contribution in [0.4, 0.5) is 13.2 Å². The van der Waals surface area contributed by atoms with Gasteiger partial charge in [-0.1, -0.05) is 38.0 Å². The highest BCUT2D eigenvalue weighted by Crippen LogP contribution is 2.39. The molecule has 1 saturated heterocycles. The van der Waals surface area contributed by atoms with Crippen LogP contribution in [0.1, 0.15) is 44.2 Å². The number of benzene rings is 2. The second-order valence-corrected chi connectivity index (χ2v) is 6.75. The summed E-state index contributed by atoms with van der Waals surface area (Å²) in [7, 11) is 0. The molecular formula is C20H23F3N2O2. The summed E-state index contributed by atoms with van der Waals surface area (Å²) < 4.78 is 46.6. The van der Waals surface area contributed by atoms with Gasteiger partial charge >= 0.3 is 6.18 Å². The topological polar surface area (TPSA) is 41.6 Å². The second kappa shape index (κ2) is 8.17. The van der Waals surface area contributed by atoms with Crippen molar-refractivity contribution in [2.24, 2.45) is 0 Å². The molecule has 1 atom stereocenters. The normalized spacial score (nSPS) is 16.5. The maximum atomic E-state index is 13.6. The Bertz CT molecular complexity index is 807. The first kappa shape index (κ1) is 19.5. The lowest BCUT2D eigenvalue weighted by molar-refractivity contribution is -0.191. The number of rotatable bonds is 7. The van der Waals surface area contributed by atoms with Crippen LogP contribution in [0.3, 0.4) is 0 Å². The monoisotopic (exact) mass is 380 g/mol. The van der Waals surface area contributed by atoms with E-state index in [1.807, 2.05) is 6.07 Å². The fourth-order valence-corrected chi connectivity index (χ4v) is 3.28. The third kappa shape index (κ3) is 4.71. The van der Waals surface area contributed by atoms with Crippen molar-refractivity contribution in [3.8, 4) is 5.75 Å². The predicted octanol–water partition coefficient (Wildman–Crippen LogP) is 4.75. The Hall–Kier alpha value is -2.28. The summed E-state index contributed by atoms with van der Waals surface area (Å²) in [5, 5.41) is 2.49. The molecule has 1 aliphatic heterocycles. The van der Waals surface area contributed by atoms with E-state index in [0.717, 1.165) is 29.7 Å². The molecule has 1 N–H and O–H groups in total. The summed E-state index contributed by atoms with van der Waals surface area (Å²) in [6, 6.07) is 8.18. The van der Waals surface area contributed by atoms with Crippen molar-refractivity contribution in [1.82, 2.24) is 10.4 Å². The van der Waals surface area contributed by atoms with Crippen LogP contribution in [0, 0.1) is 0 Å². The van der Waals surface area contributed by atoms with Crippen LogP contribution in [-0.4, -0.2) is 30.2 Å². The molecule has 1 aliphatic rings. The Labute approximate surface area is 156 Å². The average Bonchev–Trinajstić information content (AvgIpc) is 3.03. The molecule has 2 aromatic carbocycles. The number of amides is 1. The van der Waals surface area contributed by atoms with Gasteiger partial charge in [0.1, 0.15) is 11.8 Å². The number of ether oxygens (including phenoxy) is 1. The summed E-state index contributed by atoms with van der Waals surface area (Å²) in [6.45, 7) is 2.78. The van der Waals surface area contributed by atoms with Crippen molar-refractivity contribution in [2.75, 3.05) is 13.2 Å². The first-order valence-electron chi connectivity index (χ1n) is 9.18. The summed E-state index contributed by atoms with van der Waals surface area (Å²) in [4.78, 5) is 11.4. The highest BCUT2D eigenvalue weighted by Gasteiger charge is 2.46. The number of nitrogens with one attached hydrogen (secondary N) is 1. The summed E-state index contributed by atoms with van der Waals surface area (Å²) >= 11 is 0. The molecule has 146 valence electrons. The quantitative estimate of drug-likeness (QED) is 0.705. The lowest BCUT2D eigenvalue weighted by Crippen LogP contribution is -2.43. The van der Waals surface area contributed by atoms with Gasteiger partial charge in [0.05, 0.1) is 6.61 Å². The van der Waals surface area contributed by atoms with Gasteiger partial charge < -0.3 is 4.74 Å². The van der Waals surface area contributed by atoms with Crippen LogP contribution in [0.5, 0.6) is 5.75 Å². The van der Waals surface area contributed by atoms with Crippen molar-refractivity contribution >= 4 is 16.7 Å². The number of unbranched alkanes of at least 4 members (excludes halogenated alkanes) is 2. The SMILES string of the molecule is CCCCCOc1ccc2cc(C(N3CCC(=O)N3)C(F)(F)F)ccc2c1. The van der Waals surface area contributed by atoms with Crippen molar-refractivity contribution in [2.45, 2.75) is 44.8 Å². The first-order chi connectivity index (χ1) is 12.9. The molecule has 3 rings (SSSR count). The van der Waals surface area contributed by atoms with Crippen molar-refractivity contribution in [3.63, 3.8) is 0 Å². The number of fused-ring (bicyclic) bond motifs is 1. The Morgan fingerprint density at radius 1 is 1.15 bits per heavy atom. The zero-order valence-corrected chi connectivity index (χ0v) is 15.2. The number of alkyl halides is 3. The molecule has 7 heteroatoms. The van der Waals surface area contributed by atoms with Gasteiger partial charge in [-0.2, -0.15) is 13.2 Å². The number of hydrogen-bond acceptors (Lipinski definition) is 3. The van der Waals surface area contributed by atoms with Gasteiger partial charge in [-0.15, -0.1) is 0 Å². The van der Waals surface area contributed by atoms with Gasteiger partial charge in [0.15, 0.2) is 0 Å². The van der Waals surface area contributed by atoms with Crippen molar-refractivity contribution in [1.29, 1.82) is 0 Å². The number of carbonyl (C=O) groups is 1. The first-order valence-corrected chi connectivity index (χ1v) is 9.18. The molecule has 0 aliphatic carbocycles. The van der Waals surface area contributed by atoms with Crippen LogP contribution in [0.25, 0.3) is 10.8 Å². The summed E-state index contributed by atoms with van der Waals surface area (Å²) in [6.07, 6.45) is -1.24. The average molecular weight is 380 g/mol. The molecule has 1 fully saturated rings. The van der Waals surface area contributed by atoms with E-state index in [-0.39, 0.29) is 18.5 Å². The molecule has 0 bridgehead atoms. The minimum atomic E-state index is -4.49. The van der Waals surface area contributed by atoms with E-state index < -0.39 is 18.1 Å². The third-order valence-corrected chi connectivity index (χ3v) is 4.64. The molecule has 0 aromatic heterocycles. The molecule has 1 unspecified atom stereocenters. The summed E-state index contributed by atoms with van der Waals surface area (Å²) in [5.41, 5.74) is 2.41. The minimum absolute atomic E-state index is 0.0333. The molecule has 0 saturated carbocycles. The van der Waals surface area contributed by atoms with E-state index in [1.54, 1.807) is 18.2 Å². The van der Waals surface area contributed by atoms with Gasteiger partial charge in [0.2, 0.25) is 5.91 Å². The van der Waals surface area contributed by atoms with Crippen LogP contribution < -0.4 is 10.2 Å². The molecule has 27 heavy (non-hydrogen) atoms. The second-order valence-electron chi connectivity index (χ2n) is 6.75. The van der Waals surface area contributed by atoms with Crippen LogP contribution >= 0.6 is 0 Å². The van der Waals surface area contributed by atoms with Crippen LogP contribution in [0.2, 0.25) is 0 Å². The zero-order chi connectivity index (χ0) is 19.4. The van der Waals surface area contributed by atoms with Crippen LogP contribution in [0.15, 0.2) is 36.4 Å². The lowest BCUT2D eigenvalue weighted by atomic mass is 10.0. The Morgan fingerprint density at radius 2 is 1.89 bits per heavy atom. The standard InChI is InChI=1S/C20H23F3N2O2/c1-2-3-4-11-27-17-8-7-14-12-16(6-5-15(14)13-17)19(20(21,22)23)25-10-9-18(26)24-25/h5-8,12-13,19H,2-4,9-11H2,1H3,(H,24,26). The highest BCUT2D eigenvalue weighted by atomic mass is 19.4. The van der Waals surface area contributed by atoms with E-state index in [1.165, 1.54) is 12.1 Å². The van der Waals surface area contributed by atoms with Gasteiger partial charge in [-0.3, -0.25) is 10.2 Å². The lowest BCUT2D eigenvalue weighted by Gasteiger charge is -2.29. The smallest absolute Gasteiger partial charge is 0.409 e. The van der Waals surface area contributed by atoms with Gasteiger partial charge in [-0.05, 0) is 41.0 Å². The fraction of sp³-hybridized carbons (Fsp3) is 0.450. The van der Waals surface area contributed by atoms with E-state index in [9.17, 15) is 18.0 Å². The molecule has 1 amide bonds. The maximum absolute atomic E-state index is 13.6. The molecule has 0 spiro atoms. The maximum Gasteiger partial charge on any atom is 0.409 e. The number of hydrazine groups is 1. The van der Waals surface area contributed by atoms with E-state index in [4.69, 9.17) is 4.74 Å². The van der Waals surface area contributed by atoms with Gasteiger partial charge in [-0.25, -0.2) is 5.01 Å². The molecule has 0 radical (unpaired) electrons. The van der Waals surface area contributed by atoms with E-state index in [2.05, 4.69) is 12.3 Å². The van der Waals surface area contributed by atoms with Crippen LogP contribution in [-0.2, 0) is 4.79 Å². The Kier molecular flexibility index (Phi) is 5.89. The van der Waals surface area contributed by atoms with Crippen molar-refractivity contribution in [3.05, 3.63) is 42.0 Å². The number of nitrogens with zero attached hydrogens (tertiary/aromatic N) is 1. The van der Waals surface area contributed by atoms with E-state index in [0.29, 0.717) is 17.7 Å². The Balaban J connectivity index is 1.83. The highest BCUT2D eigenvalue weighted by molar-refractivity contribution is 5.84. The fourth-order valence-electron chi connectivity index (χ4n) is 3.28. The van der Waals surface area contributed by atoms with Crippen molar-refractivity contribution < 1.29 is 22.7 Å². The third-order valence-electron chi connectivity index (χ3n) is 4.64. The molecular weight excluding hydrogens is 357 g/mol. The van der Waals surface area contributed by atoms with Gasteiger partial charge in [0, 0.05) is 13.0 Å². The number of halogens is 3.